The van der Waals surface area contributed by atoms with Crippen molar-refractivity contribution in [3.8, 4) is 23.3 Å². The highest BCUT2D eigenvalue weighted by Gasteiger charge is 2.06. The van der Waals surface area contributed by atoms with Crippen LogP contribution < -0.4 is 19.9 Å². The number of pyridine rings is 1. The molecule has 0 saturated heterocycles. The molecule has 5 heteroatoms. The second kappa shape index (κ2) is 7.38. The maximum atomic E-state index is 5.82. The van der Waals surface area contributed by atoms with Gasteiger partial charge in [-0.15, -0.1) is 0 Å². The van der Waals surface area contributed by atoms with Crippen LogP contribution in [-0.4, -0.2) is 18.2 Å². The highest BCUT2D eigenvalue weighted by Crippen LogP contribution is 2.27. The first kappa shape index (κ1) is 15.0. The Morgan fingerprint density at radius 2 is 1.86 bits per heavy atom. The molecule has 0 aliphatic heterocycles. The molecule has 2 rings (SSSR count). The van der Waals surface area contributed by atoms with Gasteiger partial charge in [-0.2, -0.15) is 4.98 Å². The van der Waals surface area contributed by atoms with Crippen molar-refractivity contribution in [3.63, 3.8) is 0 Å². The highest BCUT2D eigenvalue weighted by molar-refractivity contribution is 5.49. The molecule has 0 fully saturated rings. The van der Waals surface area contributed by atoms with Crippen LogP contribution in [0.1, 0.15) is 20.3 Å². The third-order valence-corrected chi connectivity index (χ3v) is 2.65. The van der Waals surface area contributed by atoms with Crippen LogP contribution in [0.4, 0.5) is 5.69 Å². The van der Waals surface area contributed by atoms with E-state index in [-0.39, 0.29) is 0 Å². The number of aromatic nitrogens is 1. The number of rotatable bonds is 7. The van der Waals surface area contributed by atoms with Crippen molar-refractivity contribution < 1.29 is 14.2 Å². The summed E-state index contributed by atoms with van der Waals surface area (Å²) in [5.74, 6) is 2.24. The van der Waals surface area contributed by atoms with Gasteiger partial charge in [0.15, 0.2) is 0 Å². The van der Waals surface area contributed by atoms with Crippen LogP contribution in [0.2, 0.25) is 0 Å². The normalized spacial score (nSPS) is 10.2. The van der Waals surface area contributed by atoms with E-state index in [0.29, 0.717) is 36.4 Å². The molecule has 0 saturated carbocycles. The molecular formula is C16H20N2O3. The van der Waals surface area contributed by atoms with E-state index >= 15 is 0 Å². The van der Waals surface area contributed by atoms with Gasteiger partial charge in [0.1, 0.15) is 11.5 Å². The van der Waals surface area contributed by atoms with Gasteiger partial charge in [0, 0.05) is 12.1 Å². The Balaban J connectivity index is 2.13. The van der Waals surface area contributed by atoms with E-state index in [0.717, 1.165) is 12.2 Å². The number of nitrogens with zero attached hydrogens (tertiary/aromatic N) is 1. The molecule has 0 aliphatic carbocycles. The van der Waals surface area contributed by atoms with Gasteiger partial charge < -0.3 is 19.9 Å². The van der Waals surface area contributed by atoms with E-state index in [9.17, 15) is 0 Å². The molecule has 0 amide bonds. The molecule has 0 radical (unpaired) electrons. The van der Waals surface area contributed by atoms with Crippen LogP contribution >= 0.6 is 0 Å². The summed E-state index contributed by atoms with van der Waals surface area (Å²) in [6.45, 7) is 5.14. The monoisotopic (exact) mass is 288 g/mol. The number of nitrogens with two attached hydrogens (primary N) is 1. The smallest absolute Gasteiger partial charge is 0.240 e. The zero-order chi connectivity index (χ0) is 15.1. The fourth-order valence-corrected chi connectivity index (χ4v) is 1.72. The average molecular weight is 288 g/mol. The zero-order valence-corrected chi connectivity index (χ0v) is 12.3. The molecule has 2 aromatic rings. The van der Waals surface area contributed by atoms with Crippen molar-refractivity contribution in [2.45, 2.75) is 20.3 Å². The van der Waals surface area contributed by atoms with E-state index in [2.05, 4.69) is 4.98 Å². The van der Waals surface area contributed by atoms with Gasteiger partial charge in [-0.1, -0.05) is 13.0 Å². The molecule has 1 heterocycles. The van der Waals surface area contributed by atoms with Gasteiger partial charge in [0.25, 0.3) is 0 Å². The molecule has 21 heavy (non-hydrogen) atoms. The van der Waals surface area contributed by atoms with Crippen LogP contribution in [0.5, 0.6) is 23.3 Å². The van der Waals surface area contributed by atoms with Crippen LogP contribution in [0.25, 0.3) is 0 Å². The second-order valence-corrected chi connectivity index (χ2v) is 4.40. The lowest BCUT2D eigenvalue weighted by atomic mass is 10.3. The third kappa shape index (κ3) is 4.27. The molecule has 0 aliphatic rings. The highest BCUT2D eigenvalue weighted by atomic mass is 16.5. The minimum absolute atomic E-state index is 0.398. The van der Waals surface area contributed by atoms with Gasteiger partial charge >= 0.3 is 0 Å². The summed E-state index contributed by atoms with van der Waals surface area (Å²) in [6.07, 6.45) is 0.891. The summed E-state index contributed by atoms with van der Waals surface area (Å²) in [7, 11) is 0. The first-order valence-corrected chi connectivity index (χ1v) is 7.03. The van der Waals surface area contributed by atoms with Crippen LogP contribution in [-0.2, 0) is 0 Å². The predicted octanol–water partition coefficient (Wildman–Crippen LogP) is 3.64. The minimum atomic E-state index is 0.398. The fraction of sp³-hybridized carbons (Fsp3) is 0.312. The minimum Gasteiger partial charge on any atom is -0.494 e. The van der Waals surface area contributed by atoms with Crippen molar-refractivity contribution in [1.29, 1.82) is 0 Å². The quantitative estimate of drug-likeness (QED) is 0.842. The fourth-order valence-electron chi connectivity index (χ4n) is 1.72. The Bertz CT molecular complexity index is 587. The SMILES string of the molecule is CCCOc1nc(Oc2cccc(OCC)c2)ccc1N. The van der Waals surface area contributed by atoms with Gasteiger partial charge in [-0.05, 0) is 31.5 Å². The molecule has 1 aromatic carbocycles. The molecular weight excluding hydrogens is 268 g/mol. The van der Waals surface area contributed by atoms with E-state index < -0.39 is 0 Å². The standard InChI is InChI=1S/C16H20N2O3/c1-3-10-20-16-14(17)8-9-15(18-16)21-13-7-5-6-12(11-13)19-4-2/h5-9,11H,3-4,10,17H2,1-2H3. The Hall–Kier alpha value is -2.43. The first-order chi connectivity index (χ1) is 10.2. The third-order valence-electron chi connectivity index (χ3n) is 2.65. The van der Waals surface area contributed by atoms with Gasteiger partial charge in [0.2, 0.25) is 11.8 Å². The van der Waals surface area contributed by atoms with E-state index in [1.165, 1.54) is 0 Å². The average Bonchev–Trinajstić information content (AvgIpc) is 2.48. The number of ether oxygens (including phenoxy) is 3. The lowest BCUT2D eigenvalue weighted by Gasteiger charge is -2.10. The maximum Gasteiger partial charge on any atom is 0.240 e. The lowest BCUT2D eigenvalue weighted by molar-refractivity contribution is 0.302. The zero-order valence-electron chi connectivity index (χ0n) is 12.3. The molecule has 0 atom stereocenters. The molecule has 0 spiro atoms. The van der Waals surface area contributed by atoms with Crippen molar-refractivity contribution in [2.75, 3.05) is 18.9 Å². The predicted molar refractivity (Wildman–Crippen MR) is 82.1 cm³/mol. The Morgan fingerprint density at radius 3 is 2.62 bits per heavy atom. The Morgan fingerprint density at radius 1 is 1.05 bits per heavy atom. The Kier molecular flexibility index (Phi) is 5.26. The summed E-state index contributed by atoms with van der Waals surface area (Å²) < 4.78 is 16.6. The number of hydrogen-bond donors (Lipinski definition) is 1. The number of hydrogen-bond acceptors (Lipinski definition) is 5. The summed E-state index contributed by atoms with van der Waals surface area (Å²) in [6, 6.07) is 10.8. The van der Waals surface area contributed by atoms with Gasteiger partial charge in [-0.3, -0.25) is 0 Å². The number of benzene rings is 1. The van der Waals surface area contributed by atoms with Crippen molar-refractivity contribution in [1.82, 2.24) is 4.98 Å². The molecule has 2 N–H and O–H groups in total. The van der Waals surface area contributed by atoms with Crippen molar-refractivity contribution in [3.05, 3.63) is 36.4 Å². The van der Waals surface area contributed by atoms with Gasteiger partial charge in [-0.25, -0.2) is 0 Å². The van der Waals surface area contributed by atoms with E-state index in [4.69, 9.17) is 19.9 Å². The molecule has 0 bridgehead atoms. The first-order valence-electron chi connectivity index (χ1n) is 7.03. The molecule has 112 valence electrons. The Labute approximate surface area is 124 Å². The summed E-state index contributed by atoms with van der Waals surface area (Å²) in [4.78, 5) is 4.27. The van der Waals surface area contributed by atoms with Crippen LogP contribution in [0, 0.1) is 0 Å². The summed E-state index contributed by atoms with van der Waals surface area (Å²) >= 11 is 0. The van der Waals surface area contributed by atoms with Crippen molar-refractivity contribution in [2.24, 2.45) is 0 Å². The van der Waals surface area contributed by atoms with Crippen LogP contribution in [0.3, 0.4) is 0 Å². The maximum absolute atomic E-state index is 5.82. The molecule has 5 nitrogen and oxygen atoms in total. The molecule has 1 aromatic heterocycles. The van der Waals surface area contributed by atoms with E-state index in [1.807, 2.05) is 38.1 Å². The van der Waals surface area contributed by atoms with Crippen molar-refractivity contribution >= 4 is 5.69 Å². The lowest BCUT2D eigenvalue weighted by Crippen LogP contribution is -2.02. The second-order valence-electron chi connectivity index (χ2n) is 4.40. The molecule has 0 unspecified atom stereocenters. The number of anilines is 1. The van der Waals surface area contributed by atoms with Gasteiger partial charge in [0.05, 0.1) is 18.9 Å². The largest absolute Gasteiger partial charge is 0.494 e. The van der Waals surface area contributed by atoms with E-state index in [1.54, 1.807) is 12.1 Å². The topological polar surface area (TPSA) is 66.6 Å². The summed E-state index contributed by atoms with van der Waals surface area (Å²) in [5, 5.41) is 0. The number of nitrogen functional groups attached to an aromatic ring is 1. The van der Waals surface area contributed by atoms with Crippen LogP contribution in [0.15, 0.2) is 36.4 Å². The summed E-state index contributed by atoms with van der Waals surface area (Å²) in [5.41, 5.74) is 6.32.